The van der Waals surface area contributed by atoms with E-state index in [1.807, 2.05) is 6.07 Å². The molecule has 1 amide bonds. The molecule has 1 heterocycles. The van der Waals surface area contributed by atoms with Crippen LogP contribution >= 0.6 is 11.6 Å². The summed E-state index contributed by atoms with van der Waals surface area (Å²) in [6.45, 7) is 3.30. The van der Waals surface area contributed by atoms with Gasteiger partial charge >= 0.3 is 0 Å². The van der Waals surface area contributed by atoms with Crippen molar-refractivity contribution in [1.82, 2.24) is 0 Å². The second-order valence-electron chi connectivity index (χ2n) is 6.17. The van der Waals surface area contributed by atoms with Gasteiger partial charge in [-0.2, -0.15) is 0 Å². The SMILES string of the molecule is CC(=O)Nc1ccc(S(=O)(=O)Nc2cc(N3CCCC3)ccc2Cl)cc1. The molecule has 0 atom stereocenters. The molecule has 0 radical (unpaired) electrons. The summed E-state index contributed by atoms with van der Waals surface area (Å²) in [5, 5.41) is 2.94. The summed E-state index contributed by atoms with van der Waals surface area (Å²) >= 11 is 6.19. The number of hydrogen-bond acceptors (Lipinski definition) is 4. The molecule has 6 nitrogen and oxygen atoms in total. The summed E-state index contributed by atoms with van der Waals surface area (Å²) in [7, 11) is -3.79. The molecule has 138 valence electrons. The van der Waals surface area contributed by atoms with Gasteiger partial charge in [0.05, 0.1) is 15.6 Å². The third-order valence-corrected chi connectivity index (χ3v) is 5.86. The minimum absolute atomic E-state index is 0.0919. The lowest BCUT2D eigenvalue weighted by Gasteiger charge is -2.19. The van der Waals surface area contributed by atoms with Crippen LogP contribution in [-0.4, -0.2) is 27.4 Å². The minimum atomic E-state index is -3.79. The molecular formula is C18H20ClN3O3S. The fraction of sp³-hybridized carbons (Fsp3) is 0.278. The predicted molar refractivity (Wildman–Crippen MR) is 104 cm³/mol. The van der Waals surface area contributed by atoms with Crippen molar-refractivity contribution in [3.05, 3.63) is 47.5 Å². The molecule has 0 spiro atoms. The van der Waals surface area contributed by atoms with E-state index in [0.29, 0.717) is 16.4 Å². The van der Waals surface area contributed by atoms with E-state index < -0.39 is 10.0 Å². The molecule has 26 heavy (non-hydrogen) atoms. The van der Waals surface area contributed by atoms with Crippen LogP contribution in [0.5, 0.6) is 0 Å². The molecule has 8 heteroatoms. The predicted octanol–water partition coefficient (Wildman–Crippen LogP) is 3.70. The normalized spacial score (nSPS) is 14.3. The fourth-order valence-corrected chi connectivity index (χ4v) is 4.18. The van der Waals surface area contributed by atoms with Crippen LogP contribution in [0.1, 0.15) is 19.8 Å². The van der Waals surface area contributed by atoms with Crippen LogP contribution in [0.2, 0.25) is 5.02 Å². The Labute approximate surface area is 158 Å². The van der Waals surface area contributed by atoms with Gasteiger partial charge in [0.2, 0.25) is 5.91 Å². The highest BCUT2D eigenvalue weighted by molar-refractivity contribution is 7.92. The molecule has 1 aliphatic heterocycles. The number of rotatable bonds is 5. The van der Waals surface area contributed by atoms with Crippen LogP contribution in [0.15, 0.2) is 47.4 Å². The number of carbonyl (C=O) groups is 1. The maximum atomic E-state index is 12.6. The van der Waals surface area contributed by atoms with E-state index in [9.17, 15) is 13.2 Å². The average Bonchev–Trinajstić information content (AvgIpc) is 3.11. The lowest BCUT2D eigenvalue weighted by Crippen LogP contribution is -2.18. The van der Waals surface area contributed by atoms with E-state index in [4.69, 9.17) is 11.6 Å². The molecule has 0 bridgehead atoms. The van der Waals surface area contributed by atoms with Gasteiger partial charge in [-0.05, 0) is 55.3 Å². The molecule has 0 unspecified atom stereocenters. The van der Waals surface area contributed by atoms with Gasteiger partial charge in [0.1, 0.15) is 0 Å². The highest BCUT2D eigenvalue weighted by Crippen LogP contribution is 2.31. The topological polar surface area (TPSA) is 78.5 Å². The summed E-state index contributed by atoms with van der Waals surface area (Å²) in [5.41, 5.74) is 1.83. The van der Waals surface area contributed by atoms with Crippen molar-refractivity contribution in [3.63, 3.8) is 0 Å². The average molecular weight is 394 g/mol. The zero-order chi connectivity index (χ0) is 18.7. The number of amides is 1. The first-order chi connectivity index (χ1) is 12.3. The van der Waals surface area contributed by atoms with Crippen molar-refractivity contribution in [2.24, 2.45) is 0 Å². The van der Waals surface area contributed by atoms with E-state index in [0.717, 1.165) is 31.6 Å². The van der Waals surface area contributed by atoms with Crippen molar-refractivity contribution in [1.29, 1.82) is 0 Å². The Morgan fingerprint density at radius 1 is 1.08 bits per heavy atom. The van der Waals surface area contributed by atoms with Crippen molar-refractivity contribution in [2.45, 2.75) is 24.7 Å². The number of carbonyl (C=O) groups excluding carboxylic acids is 1. The molecular weight excluding hydrogens is 374 g/mol. The van der Waals surface area contributed by atoms with Crippen LogP contribution in [-0.2, 0) is 14.8 Å². The van der Waals surface area contributed by atoms with Gasteiger partial charge < -0.3 is 10.2 Å². The van der Waals surface area contributed by atoms with Gasteiger partial charge in [-0.25, -0.2) is 8.42 Å². The summed E-state index contributed by atoms with van der Waals surface area (Å²) in [4.78, 5) is 13.4. The van der Waals surface area contributed by atoms with E-state index in [-0.39, 0.29) is 10.8 Å². The van der Waals surface area contributed by atoms with Gasteiger partial charge in [0, 0.05) is 31.4 Å². The smallest absolute Gasteiger partial charge is 0.261 e. The molecule has 0 saturated carbocycles. The molecule has 1 fully saturated rings. The zero-order valence-corrected chi connectivity index (χ0v) is 15.9. The van der Waals surface area contributed by atoms with Crippen molar-refractivity contribution in [3.8, 4) is 0 Å². The number of halogens is 1. The van der Waals surface area contributed by atoms with Crippen molar-refractivity contribution in [2.75, 3.05) is 28.0 Å². The van der Waals surface area contributed by atoms with Crippen molar-refractivity contribution < 1.29 is 13.2 Å². The lowest BCUT2D eigenvalue weighted by atomic mass is 10.2. The maximum absolute atomic E-state index is 12.6. The minimum Gasteiger partial charge on any atom is -0.371 e. The first-order valence-corrected chi connectivity index (χ1v) is 10.2. The molecule has 1 saturated heterocycles. The monoisotopic (exact) mass is 393 g/mol. The first kappa shape index (κ1) is 18.5. The van der Waals surface area contributed by atoms with Crippen LogP contribution in [0.4, 0.5) is 17.1 Å². The molecule has 0 aromatic heterocycles. The zero-order valence-electron chi connectivity index (χ0n) is 14.3. The Morgan fingerprint density at radius 2 is 1.73 bits per heavy atom. The standard InChI is InChI=1S/C18H20ClN3O3S/c1-13(23)20-14-4-7-16(8-5-14)26(24,25)21-18-12-15(6-9-17(18)19)22-10-2-3-11-22/h4-9,12,21H,2-3,10-11H2,1H3,(H,20,23). The largest absolute Gasteiger partial charge is 0.371 e. The Bertz CT molecular complexity index is 908. The summed E-state index contributed by atoms with van der Waals surface area (Å²) in [5.74, 6) is -0.218. The maximum Gasteiger partial charge on any atom is 0.261 e. The number of nitrogens with one attached hydrogen (secondary N) is 2. The molecule has 0 aliphatic carbocycles. The first-order valence-electron chi connectivity index (χ1n) is 8.30. The third kappa shape index (κ3) is 4.28. The van der Waals surface area contributed by atoms with E-state index in [1.165, 1.54) is 31.2 Å². The summed E-state index contributed by atoms with van der Waals surface area (Å²) in [6, 6.07) is 11.3. The van der Waals surface area contributed by atoms with Crippen LogP contribution in [0.3, 0.4) is 0 Å². The highest BCUT2D eigenvalue weighted by Gasteiger charge is 2.18. The summed E-state index contributed by atoms with van der Waals surface area (Å²) in [6.07, 6.45) is 2.26. The number of sulfonamides is 1. The van der Waals surface area contributed by atoms with E-state index in [1.54, 1.807) is 12.1 Å². The molecule has 3 rings (SSSR count). The molecule has 1 aliphatic rings. The highest BCUT2D eigenvalue weighted by atomic mass is 35.5. The number of nitrogens with zero attached hydrogens (tertiary/aromatic N) is 1. The Morgan fingerprint density at radius 3 is 2.35 bits per heavy atom. The Hall–Kier alpha value is -2.25. The quantitative estimate of drug-likeness (QED) is 0.811. The van der Waals surface area contributed by atoms with Gasteiger partial charge in [0.15, 0.2) is 0 Å². The fourth-order valence-electron chi connectivity index (χ4n) is 2.89. The van der Waals surface area contributed by atoms with E-state index in [2.05, 4.69) is 14.9 Å². The van der Waals surface area contributed by atoms with Gasteiger partial charge in [-0.15, -0.1) is 0 Å². The van der Waals surface area contributed by atoms with Crippen LogP contribution < -0.4 is 14.9 Å². The lowest BCUT2D eigenvalue weighted by molar-refractivity contribution is -0.114. The summed E-state index contributed by atoms with van der Waals surface area (Å²) < 4.78 is 27.9. The molecule has 2 aromatic carbocycles. The molecule has 2 aromatic rings. The third-order valence-electron chi connectivity index (χ3n) is 4.15. The van der Waals surface area contributed by atoms with Crippen LogP contribution in [0, 0.1) is 0 Å². The second-order valence-corrected chi connectivity index (χ2v) is 8.26. The van der Waals surface area contributed by atoms with E-state index >= 15 is 0 Å². The second kappa shape index (κ2) is 7.55. The Kier molecular flexibility index (Phi) is 5.38. The van der Waals surface area contributed by atoms with Gasteiger partial charge in [-0.3, -0.25) is 9.52 Å². The van der Waals surface area contributed by atoms with Crippen molar-refractivity contribution >= 4 is 44.6 Å². The van der Waals surface area contributed by atoms with Gasteiger partial charge in [0.25, 0.3) is 10.0 Å². The number of anilines is 3. The number of benzene rings is 2. The number of hydrogen-bond donors (Lipinski definition) is 2. The Balaban J connectivity index is 1.82. The van der Waals surface area contributed by atoms with Gasteiger partial charge in [-0.1, -0.05) is 11.6 Å². The van der Waals surface area contributed by atoms with Crippen LogP contribution in [0.25, 0.3) is 0 Å². The molecule has 2 N–H and O–H groups in total.